The Morgan fingerprint density at radius 3 is 2.67 bits per heavy atom. The molecule has 4 atom stereocenters. The summed E-state index contributed by atoms with van der Waals surface area (Å²) in [5, 5.41) is 31.4. The van der Waals surface area contributed by atoms with E-state index in [1.54, 1.807) is 6.92 Å². The van der Waals surface area contributed by atoms with Crippen LogP contribution < -0.4 is 0 Å². The third-order valence-corrected chi connectivity index (χ3v) is 5.31. The number of carbonyl (C=O) groups is 1. The molecule has 2 saturated heterocycles. The Hall–Kier alpha value is -2.05. The highest BCUT2D eigenvalue weighted by Crippen LogP contribution is 2.59. The predicted octanol–water partition coefficient (Wildman–Crippen LogP) is 2.39. The number of rotatable bonds is 0. The van der Waals surface area contributed by atoms with E-state index in [2.05, 4.69) is 0 Å². The van der Waals surface area contributed by atoms with E-state index in [0.717, 1.165) is 19.3 Å². The SMILES string of the molecule is C/C1=C/CCC[C@H]2O[C@@]23CC(=O)O[C@@H]3c2c(O)ccc(O)c2[C@H]1O. The van der Waals surface area contributed by atoms with Crippen LogP contribution in [0, 0.1) is 0 Å². The summed E-state index contributed by atoms with van der Waals surface area (Å²) in [5.74, 6) is -0.658. The zero-order valence-corrected chi connectivity index (χ0v) is 13.4. The smallest absolute Gasteiger partial charge is 0.309 e. The molecule has 128 valence electrons. The second-order valence-corrected chi connectivity index (χ2v) is 6.82. The fourth-order valence-corrected chi connectivity index (χ4v) is 3.96. The van der Waals surface area contributed by atoms with Crippen molar-refractivity contribution >= 4 is 5.97 Å². The van der Waals surface area contributed by atoms with Gasteiger partial charge in [-0.1, -0.05) is 6.08 Å². The molecule has 1 spiro atoms. The Morgan fingerprint density at radius 2 is 1.92 bits per heavy atom. The minimum atomic E-state index is -1.08. The molecule has 6 heteroatoms. The second-order valence-electron chi connectivity index (χ2n) is 6.82. The minimum absolute atomic E-state index is 0.118. The Morgan fingerprint density at radius 1 is 1.21 bits per heavy atom. The Bertz CT molecular complexity index is 739. The molecule has 24 heavy (non-hydrogen) atoms. The molecule has 0 amide bonds. The molecular formula is C18H20O6. The van der Waals surface area contributed by atoms with Crippen LogP contribution in [0.5, 0.6) is 11.5 Å². The first-order valence-corrected chi connectivity index (χ1v) is 8.21. The van der Waals surface area contributed by atoms with Crippen LogP contribution in [0.15, 0.2) is 23.8 Å². The molecule has 6 nitrogen and oxygen atoms in total. The number of allylic oxidation sites excluding steroid dienone is 1. The highest BCUT2D eigenvalue weighted by Gasteiger charge is 2.68. The third kappa shape index (κ3) is 2.13. The van der Waals surface area contributed by atoms with Crippen molar-refractivity contribution in [3.8, 4) is 11.5 Å². The highest BCUT2D eigenvalue weighted by atomic mass is 16.7. The average molecular weight is 332 g/mol. The Kier molecular flexibility index (Phi) is 3.37. The van der Waals surface area contributed by atoms with Gasteiger partial charge >= 0.3 is 5.97 Å². The summed E-state index contributed by atoms with van der Waals surface area (Å²) < 4.78 is 11.3. The van der Waals surface area contributed by atoms with Crippen molar-refractivity contribution < 1.29 is 29.6 Å². The zero-order valence-electron chi connectivity index (χ0n) is 13.4. The summed E-state index contributed by atoms with van der Waals surface area (Å²) in [6, 6.07) is 2.68. The van der Waals surface area contributed by atoms with Gasteiger partial charge < -0.3 is 24.8 Å². The van der Waals surface area contributed by atoms with Crippen LogP contribution in [-0.2, 0) is 14.3 Å². The van der Waals surface area contributed by atoms with E-state index >= 15 is 0 Å². The molecule has 1 aromatic carbocycles. The van der Waals surface area contributed by atoms with Gasteiger partial charge in [0.05, 0.1) is 12.5 Å². The van der Waals surface area contributed by atoms with Gasteiger partial charge in [0.1, 0.15) is 23.2 Å². The number of ether oxygens (including phenoxy) is 2. The monoisotopic (exact) mass is 332 g/mol. The molecular weight excluding hydrogens is 312 g/mol. The number of fused-ring (bicyclic) bond motifs is 2. The van der Waals surface area contributed by atoms with Crippen molar-refractivity contribution in [2.24, 2.45) is 0 Å². The lowest BCUT2D eigenvalue weighted by Crippen LogP contribution is -2.22. The van der Waals surface area contributed by atoms with Crippen LogP contribution >= 0.6 is 0 Å². The molecule has 0 radical (unpaired) electrons. The van der Waals surface area contributed by atoms with Crippen LogP contribution in [0.25, 0.3) is 0 Å². The molecule has 0 bridgehead atoms. The second kappa shape index (κ2) is 5.22. The van der Waals surface area contributed by atoms with Gasteiger partial charge in [0.25, 0.3) is 0 Å². The summed E-state index contributed by atoms with van der Waals surface area (Å²) in [7, 11) is 0. The minimum Gasteiger partial charge on any atom is -0.508 e. The number of benzene rings is 1. The number of epoxide rings is 1. The van der Waals surface area contributed by atoms with Crippen molar-refractivity contribution in [2.75, 3.05) is 0 Å². The van der Waals surface area contributed by atoms with Crippen LogP contribution in [0.4, 0.5) is 0 Å². The number of aliphatic hydroxyl groups excluding tert-OH is 1. The van der Waals surface area contributed by atoms with Crippen molar-refractivity contribution in [2.45, 2.75) is 56.5 Å². The number of phenolic OH excluding ortho intramolecular Hbond substituents is 2. The van der Waals surface area contributed by atoms with E-state index in [1.165, 1.54) is 12.1 Å². The van der Waals surface area contributed by atoms with Gasteiger partial charge in [-0.2, -0.15) is 0 Å². The largest absolute Gasteiger partial charge is 0.508 e. The van der Waals surface area contributed by atoms with Crippen LogP contribution in [-0.4, -0.2) is 33.0 Å². The van der Waals surface area contributed by atoms with Crippen LogP contribution in [0.1, 0.15) is 55.9 Å². The predicted molar refractivity (Wildman–Crippen MR) is 83.4 cm³/mol. The zero-order chi connectivity index (χ0) is 17.1. The van der Waals surface area contributed by atoms with Gasteiger partial charge in [0, 0.05) is 11.1 Å². The number of hydrogen-bond acceptors (Lipinski definition) is 6. The van der Waals surface area contributed by atoms with Gasteiger partial charge in [-0.15, -0.1) is 0 Å². The molecule has 2 aliphatic heterocycles. The lowest BCUT2D eigenvalue weighted by Gasteiger charge is -2.24. The molecule has 2 heterocycles. The van der Waals surface area contributed by atoms with E-state index in [1.807, 2.05) is 6.08 Å². The van der Waals surface area contributed by atoms with Gasteiger partial charge in [0.2, 0.25) is 0 Å². The maximum absolute atomic E-state index is 11.9. The highest BCUT2D eigenvalue weighted by molar-refractivity contribution is 5.76. The lowest BCUT2D eigenvalue weighted by atomic mass is 9.85. The van der Waals surface area contributed by atoms with Gasteiger partial charge in [-0.25, -0.2) is 0 Å². The summed E-state index contributed by atoms with van der Waals surface area (Å²) in [4.78, 5) is 11.9. The number of esters is 1. The van der Waals surface area contributed by atoms with Crippen molar-refractivity contribution in [1.29, 1.82) is 0 Å². The van der Waals surface area contributed by atoms with Crippen molar-refractivity contribution in [3.05, 3.63) is 34.9 Å². The van der Waals surface area contributed by atoms with Crippen molar-refractivity contribution in [3.63, 3.8) is 0 Å². The maximum Gasteiger partial charge on any atom is 0.309 e. The van der Waals surface area contributed by atoms with Gasteiger partial charge in [-0.3, -0.25) is 4.79 Å². The molecule has 3 aliphatic rings. The standard InChI is InChI=1S/C18H20O6/c1-9-4-2-3-5-12-18(24-12)8-13(21)23-17(18)15-11(20)7-6-10(19)14(15)16(9)22/h4,6-7,12,16-17,19-20,22H,2-3,5,8H2,1H3/b9-4-/t12-,16+,17-,18+/m1/s1. The molecule has 1 aliphatic carbocycles. The Balaban J connectivity index is 1.92. The molecule has 0 aromatic heterocycles. The van der Waals surface area contributed by atoms with E-state index in [4.69, 9.17) is 9.47 Å². The van der Waals surface area contributed by atoms with Crippen molar-refractivity contribution in [1.82, 2.24) is 0 Å². The number of hydrogen-bond donors (Lipinski definition) is 3. The molecule has 0 unspecified atom stereocenters. The number of phenols is 2. The normalized spacial score (nSPS) is 37.2. The molecule has 4 rings (SSSR count). The number of carbonyl (C=O) groups excluding carboxylic acids is 1. The first-order chi connectivity index (χ1) is 11.4. The first-order valence-electron chi connectivity index (χ1n) is 8.21. The van der Waals surface area contributed by atoms with E-state index in [9.17, 15) is 20.1 Å². The van der Waals surface area contributed by atoms with E-state index in [0.29, 0.717) is 5.57 Å². The fourth-order valence-electron chi connectivity index (χ4n) is 3.96. The summed E-state index contributed by atoms with van der Waals surface area (Å²) in [5.41, 5.74) is 0.311. The molecule has 1 aromatic rings. The topological polar surface area (TPSA) is 99.5 Å². The van der Waals surface area contributed by atoms with Crippen LogP contribution in [0.2, 0.25) is 0 Å². The van der Waals surface area contributed by atoms with E-state index < -0.39 is 23.8 Å². The molecule has 0 saturated carbocycles. The van der Waals surface area contributed by atoms with Crippen LogP contribution in [0.3, 0.4) is 0 Å². The van der Waals surface area contributed by atoms with Gasteiger partial charge in [-0.05, 0) is 43.9 Å². The molecule has 3 N–H and O–H groups in total. The molecule has 2 fully saturated rings. The quantitative estimate of drug-likeness (QED) is 0.292. The first kappa shape index (κ1) is 15.5. The number of aliphatic hydroxyl groups is 1. The summed E-state index contributed by atoms with van der Waals surface area (Å²) in [6.07, 6.45) is 2.45. The lowest BCUT2D eigenvalue weighted by molar-refractivity contribution is -0.142. The Labute approximate surface area is 139 Å². The third-order valence-electron chi connectivity index (χ3n) is 5.31. The summed E-state index contributed by atoms with van der Waals surface area (Å²) >= 11 is 0. The maximum atomic E-state index is 11.9. The van der Waals surface area contributed by atoms with Gasteiger partial charge in [0.15, 0.2) is 6.10 Å². The summed E-state index contributed by atoms with van der Waals surface area (Å²) in [6.45, 7) is 1.78. The fraction of sp³-hybridized carbons (Fsp3) is 0.500. The van der Waals surface area contributed by atoms with E-state index in [-0.39, 0.29) is 35.2 Å². The average Bonchev–Trinajstić information content (AvgIpc) is 3.12. The number of aromatic hydroxyl groups is 2.